The first kappa shape index (κ1) is 12.4. The number of hydrogen-bond acceptors (Lipinski definition) is 1. The molecule has 21 heavy (non-hydrogen) atoms. The number of aryl methyl sites for hydroxylation is 1. The zero-order valence-corrected chi connectivity index (χ0v) is 11.7. The Morgan fingerprint density at radius 3 is 2.67 bits per heavy atom. The third-order valence-electron chi connectivity index (χ3n) is 4.23. The molecule has 3 aromatic carbocycles. The Morgan fingerprint density at radius 1 is 0.905 bits per heavy atom. The molecule has 1 heterocycles. The second-order valence-electron chi connectivity index (χ2n) is 5.54. The van der Waals surface area contributed by atoms with Crippen LogP contribution in [0.1, 0.15) is 12.0 Å². The Kier molecular flexibility index (Phi) is 2.88. The van der Waals surface area contributed by atoms with Crippen LogP contribution in [0.5, 0.6) is 0 Å². The van der Waals surface area contributed by atoms with E-state index in [0.29, 0.717) is 5.39 Å². The lowest BCUT2D eigenvalue weighted by atomic mass is 9.94. The normalized spacial score (nSPS) is 13.8. The Labute approximate surface area is 123 Å². The fraction of sp³-hybridized carbons (Fsp3) is 0.158. The van der Waals surface area contributed by atoms with Gasteiger partial charge in [-0.05, 0) is 53.1 Å². The summed E-state index contributed by atoms with van der Waals surface area (Å²) in [5.74, 6) is -0.158. The second kappa shape index (κ2) is 4.88. The number of fused-ring (bicyclic) bond motifs is 2. The summed E-state index contributed by atoms with van der Waals surface area (Å²) < 4.78 is 13.9. The summed E-state index contributed by atoms with van der Waals surface area (Å²) in [6.07, 6.45) is 2.27. The lowest BCUT2D eigenvalue weighted by Crippen LogP contribution is -2.11. The Bertz CT molecular complexity index is 823. The zero-order valence-electron chi connectivity index (χ0n) is 11.7. The summed E-state index contributed by atoms with van der Waals surface area (Å²) >= 11 is 0. The summed E-state index contributed by atoms with van der Waals surface area (Å²) in [7, 11) is 0. The number of halogens is 1. The van der Waals surface area contributed by atoms with Gasteiger partial charge < -0.3 is 5.32 Å². The summed E-state index contributed by atoms with van der Waals surface area (Å²) in [5, 5.41) is 5.09. The van der Waals surface area contributed by atoms with Crippen LogP contribution in [-0.2, 0) is 6.42 Å². The SMILES string of the molecule is Fc1ccc(-c2ccc3c(c2)CCCN3)c2ccccc12. The van der Waals surface area contributed by atoms with Crippen molar-refractivity contribution in [2.45, 2.75) is 12.8 Å². The fourth-order valence-corrected chi connectivity index (χ4v) is 3.16. The number of rotatable bonds is 1. The van der Waals surface area contributed by atoms with Crippen LogP contribution in [0.3, 0.4) is 0 Å². The van der Waals surface area contributed by atoms with Crippen LogP contribution in [0, 0.1) is 5.82 Å². The third-order valence-corrected chi connectivity index (χ3v) is 4.23. The van der Waals surface area contributed by atoms with E-state index in [4.69, 9.17) is 0 Å². The summed E-state index contributed by atoms with van der Waals surface area (Å²) in [4.78, 5) is 0. The Morgan fingerprint density at radius 2 is 1.76 bits per heavy atom. The van der Waals surface area contributed by atoms with E-state index >= 15 is 0 Å². The van der Waals surface area contributed by atoms with Crippen LogP contribution in [0.4, 0.5) is 10.1 Å². The molecule has 1 aliphatic heterocycles. The van der Waals surface area contributed by atoms with Gasteiger partial charge in [-0.1, -0.05) is 36.4 Å². The number of anilines is 1. The largest absolute Gasteiger partial charge is 0.385 e. The molecule has 0 spiro atoms. The van der Waals surface area contributed by atoms with Crippen molar-refractivity contribution in [3.05, 3.63) is 66.0 Å². The highest BCUT2D eigenvalue weighted by molar-refractivity contribution is 5.97. The lowest BCUT2D eigenvalue weighted by Gasteiger charge is -2.19. The average molecular weight is 277 g/mol. The first-order chi connectivity index (χ1) is 10.3. The monoisotopic (exact) mass is 277 g/mol. The number of benzene rings is 3. The van der Waals surface area contributed by atoms with Crippen LogP contribution >= 0.6 is 0 Å². The standard InChI is InChI=1S/C19H16FN/c20-18-9-8-15(16-5-1-2-6-17(16)18)13-7-10-19-14(12-13)4-3-11-21-19/h1-2,5-10,12,21H,3-4,11H2. The molecule has 1 N–H and O–H groups in total. The molecule has 0 saturated heterocycles. The molecular weight excluding hydrogens is 261 g/mol. The number of hydrogen-bond donors (Lipinski definition) is 1. The minimum Gasteiger partial charge on any atom is -0.385 e. The van der Waals surface area contributed by atoms with E-state index < -0.39 is 0 Å². The molecule has 2 heteroatoms. The number of nitrogens with one attached hydrogen (secondary N) is 1. The van der Waals surface area contributed by atoms with E-state index in [2.05, 4.69) is 23.5 Å². The molecule has 0 aliphatic carbocycles. The van der Waals surface area contributed by atoms with E-state index in [0.717, 1.165) is 29.5 Å². The summed E-state index contributed by atoms with van der Waals surface area (Å²) in [6, 6.07) is 17.6. The molecule has 4 rings (SSSR count). The topological polar surface area (TPSA) is 12.0 Å². The van der Waals surface area contributed by atoms with E-state index in [9.17, 15) is 4.39 Å². The van der Waals surface area contributed by atoms with Crippen molar-refractivity contribution >= 4 is 16.5 Å². The average Bonchev–Trinajstić information content (AvgIpc) is 2.55. The van der Waals surface area contributed by atoms with Crippen LogP contribution < -0.4 is 5.32 Å². The van der Waals surface area contributed by atoms with Crippen molar-refractivity contribution in [2.75, 3.05) is 11.9 Å². The maximum atomic E-state index is 13.9. The van der Waals surface area contributed by atoms with Gasteiger partial charge in [0.25, 0.3) is 0 Å². The van der Waals surface area contributed by atoms with E-state index in [1.54, 1.807) is 6.07 Å². The van der Waals surface area contributed by atoms with E-state index in [-0.39, 0.29) is 5.82 Å². The van der Waals surface area contributed by atoms with Gasteiger partial charge in [-0.3, -0.25) is 0 Å². The van der Waals surface area contributed by atoms with Gasteiger partial charge in [-0.25, -0.2) is 4.39 Å². The molecule has 0 saturated carbocycles. The third kappa shape index (κ3) is 2.07. The van der Waals surface area contributed by atoms with Gasteiger partial charge in [-0.15, -0.1) is 0 Å². The van der Waals surface area contributed by atoms with Crippen molar-refractivity contribution in [3.8, 4) is 11.1 Å². The molecule has 1 nitrogen and oxygen atoms in total. The quantitative estimate of drug-likeness (QED) is 0.659. The molecular formula is C19H16FN. The van der Waals surface area contributed by atoms with Crippen LogP contribution in [0.15, 0.2) is 54.6 Å². The van der Waals surface area contributed by atoms with Crippen molar-refractivity contribution in [2.24, 2.45) is 0 Å². The summed E-state index contributed by atoms with van der Waals surface area (Å²) in [5.41, 5.74) is 4.84. The Hall–Kier alpha value is -2.35. The minimum absolute atomic E-state index is 0.158. The zero-order chi connectivity index (χ0) is 14.2. The van der Waals surface area contributed by atoms with Crippen LogP contribution in [0.25, 0.3) is 21.9 Å². The second-order valence-corrected chi connectivity index (χ2v) is 5.54. The van der Waals surface area contributed by atoms with Crippen molar-refractivity contribution in [3.63, 3.8) is 0 Å². The lowest BCUT2D eigenvalue weighted by molar-refractivity contribution is 0.640. The molecule has 0 bridgehead atoms. The van der Waals surface area contributed by atoms with Gasteiger partial charge in [-0.2, -0.15) is 0 Å². The molecule has 0 atom stereocenters. The maximum Gasteiger partial charge on any atom is 0.131 e. The molecule has 104 valence electrons. The van der Waals surface area contributed by atoms with Gasteiger partial charge >= 0.3 is 0 Å². The van der Waals surface area contributed by atoms with Crippen molar-refractivity contribution in [1.29, 1.82) is 0 Å². The highest BCUT2D eigenvalue weighted by atomic mass is 19.1. The Balaban J connectivity index is 1.92. The van der Waals surface area contributed by atoms with Crippen LogP contribution in [0.2, 0.25) is 0 Å². The van der Waals surface area contributed by atoms with Crippen molar-refractivity contribution in [1.82, 2.24) is 0 Å². The predicted molar refractivity (Wildman–Crippen MR) is 86.2 cm³/mol. The molecule has 0 aromatic heterocycles. The van der Waals surface area contributed by atoms with Crippen LogP contribution in [-0.4, -0.2) is 6.54 Å². The molecule has 0 amide bonds. The molecule has 1 aliphatic rings. The van der Waals surface area contributed by atoms with Gasteiger partial charge in [0.2, 0.25) is 0 Å². The smallest absolute Gasteiger partial charge is 0.131 e. The molecule has 0 fully saturated rings. The first-order valence-corrected chi connectivity index (χ1v) is 7.37. The van der Waals surface area contributed by atoms with Crippen molar-refractivity contribution < 1.29 is 4.39 Å². The molecule has 0 radical (unpaired) electrons. The van der Waals surface area contributed by atoms with Gasteiger partial charge in [0.1, 0.15) is 5.82 Å². The first-order valence-electron chi connectivity index (χ1n) is 7.37. The molecule has 0 unspecified atom stereocenters. The molecule has 3 aromatic rings. The van der Waals surface area contributed by atoms with Gasteiger partial charge in [0, 0.05) is 17.6 Å². The summed E-state index contributed by atoms with van der Waals surface area (Å²) in [6.45, 7) is 1.05. The van der Waals surface area contributed by atoms with Gasteiger partial charge in [0.05, 0.1) is 0 Å². The highest BCUT2D eigenvalue weighted by Gasteiger charge is 2.12. The van der Waals surface area contributed by atoms with E-state index in [1.807, 2.05) is 30.3 Å². The van der Waals surface area contributed by atoms with Gasteiger partial charge in [0.15, 0.2) is 0 Å². The fourth-order valence-electron chi connectivity index (χ4n) is 3.16. The van der Waals surface area contributed by atoms with E-state index in [1.165, 1.54) is 17.7 Å². The predicted octanol–water partition coefficient (Wildman–Crippen LogP) is 5.00. The maximum absolute atomic E-state index is 13.9. The minimum atomic E-state index is -0.158. The highest BCUT2D eigenvalue weighted by Crippen LogP contribution is 2.33.